The van der Waals surface area contributed by atoms with Crippen LogP contribution in [0.3, 0.4) is 0 Å². The average molecular weight is 261 g/mol. The van der Waals surface area contributed by atoms with E-state index < -0.39 is 0 Å². The first-order valence-corrected chi connectivity index (χ1v) is 6.56. The Bertz CT molecular complexity index is 486. The van der Waals surface area contributed by atoms with Crippen molar-refractivity contribution in [1.82, 2.24) is 10.6 Å². The van der Waals surface area contributed by atoms with Gasteiger partial charge in [-0.15, -0.1) is 0 Å². The van der Waals surface area contributed by atoms with E-state index in [9.17, 15) is 9.59 Å². The Morgan fingerprint density at radius 2 is 2.21 bits per heavy atom. The molecule has 0 radical (unpaired) electrons. The summed E-state index contributed by atoms with van der Waals surface area (Å²) in [5.74, 6) is -0.402. The number of primary amides is 1. The highest BCUT2D eigenvalue weighted by atomic mass is 16.2. The normalized spacial score (nSPS) is 13.7. The van der Waals surface area contributed by atoms with Crippen molar-refractivity contribution in [2.45, 2.75) is 25.8 Å². The largest absolute Gasteiger partial charge is 0.370 e. The number of hydrogen-bond donors (Lipinski definition) is 3. The van der Waals surface area contributed by atoms with Gasteiger partial charge in [0.25, 0.3) is 5.91 Å². The van der Waals surface area contributed by atoms with E-state index in [2.05, 4.69) is 10.6 Å². The van der Waals surface area contributed by atoms with Crippen LogP contribution in [0.15, 0.2) is 18.2 Å². The molecule has 1 aromatic rings. The zero-order valence-electron chi connectivity index (χ0n) is 10.9. The maximum atomic E-state index is 12.1. The van der Waals surface area contributed by atoms with Crippen molar-refractivity contribution in [3.63, 3.8) is 0 Å². The highest BCUT2D eigenvalue weighted by Gasteiger charge is 2.16. The van der Waals surface area contributed by atoms with Crippen molar-refractivity contribution in [3.05, 3.63) is 34.9 Å². The number of benzene rings is 1. The van der Waals surface area contributed by atoms with E-state index in [1.165, 1.54) is 5.56 Å². The Labute approximate surface area is 112 Å². The molecule has 0 bridgehead atoms. The summed E-state index contributed by atoms with van der Waals surface area (Å²) >= 11 is 0. The standard InChI is InChI=1S/C14H19N3O2/c15-13(18)5-2-7-17-14(19)12-4-1-3-10-9-16-8-6-11(10)12/h1,3-4,16H,2,5-9H2,(H2,15,18)(H,17,19). The Morgan fingerprint density at radius 1 is 1.37 bits per heavy atom. The second-order valence-electron chi connectivity index (χ2n) is 4.70. The topological polar surface area (TPSA) is 84.2 Å². The second-order valence-corrected chi connectivity index (χ2v) is 4.70. The van der Waals surface area contributed by atoms with Crippen molar-refractivity contribution in [1.29, 1.82) is 0 Å². The second kappa shape index (κ2) is 6.33. The fraction of sp³-hybridized carbons (Fsp3) is 0.429. The van der Waals surface area contributed by atoms with E-state index in [0.717, 1.165) is 30.6 Å². The van der Waals surface area contributed by atoms with Gasteiger partial charge < -0.3 is 16.4 Å². The molecule has 19 heavy (non-hydrogen) atoms. The molecule has 0 unspecified atom stereocenters. The number of hydrogen-bond acceptors (Lipinski definition) is 3. The first-order chi connectivity index (χ1) is 9.18. The molecule has 0 aliphatic carbocycles. The zero-order valence-corrected chi connectivity index (χ0v) is 10.9. The maximum absolute atomic E-state index is 12.1. The molecule has 5 heteroatoms. The van der Waals surface area contributed by atoms with Crippen LogP contribution in [0.2, 0.25) is 0 Å². The molecular formula is C14H19N3O2. The number of nitrogens with one attached hydrogen (secondary N) is 2. The molecule has 0 saturated heterocycles. The summed E-state index contributed by atoms with van der Waals surface area (Å²) in [6, 6.07) is 5.81. The summed E-state index contributed by atoms with van der Waals surface area (Å²) in [5, 5.41) is 6.13. The molecule has 0 aromatic heterocycles. The first kappa shape index (κ1) is 13.5. The van der Waals surface area contributed by atoms with Gasteiger partial charge in [0.2, 0.25) is 5.91 Å². The van der Waals surface area contributed by atoms with Gasteiger partial charge in [0.1, 0.15) is 0 Å². The van der Waals surface area contributed by atoms with Gasteiger partial charge in [-0.05, 0) is 36.6 Å². The van der Waals surface area contributed by atoms with Gasteiger partial charge in [0, 0.05) is 25.1 Å². The molecule has 0 atom stereocenters. The number of carbonyl (C=O) groups is 2. The minimum Gasteiger partial charge on any atom is -0.370 e. The van der Waals surface area contributed by atoms with Crippen LogP contribution in [-0.2, 0) is 17.8 Å². The van der Waals surface area contributed by atoms with E-state index in [-0.39, 0.29) is 11.8 Å². The maximum Gasteiger partial charge on any atom is 0.251 e. The van der Waals surface area contributed by atoms with Crippen LogP contribution >= 0.6 is 0 Å². The van der Waals surface area contributed by atoms with Gasteiger partial charge in [0.15, 0.2) is 0 Å². The minimum atomic E-state index is -0.336. The van der Waals surface area contributed by atoms with Gasteiger partial charge in [-0.25, -0.2) is 0 Å². The first-order valence-electron chi connectivity index (χ1n) is 6.56. The highest BCUT2D eigenvalue weighted by molar-refractivity contribution is 5.96. The van der Waals surface area contributed by atoms with Crippen molar-refractivity contribution >= 4 is 11.8 Å². The number of fused-ring (bicyclic) bond motifs is 1. The van der Waals surface area contributed by atoms with Crippen molar-refractivity contribution in [3.8, 4) is 0 Å². The number of nitrogens with two attached hydrogens (primary N) is 1. The third-order valence-corrected chi connectivity index (χ3v) is 3.27. The number of carbonyl (C=O) groups excluding carboxylic acids is 2. The molecule has 4 N–H and O–H groups in total. The lowest BCUT2D eigenvalue weighted by molar-refractivity contribution is -0.118. The van der Waals surface area contributed by atoms with Crippen molar-refractivity contribution < 1.29 is 9.59 Å². The van der Waals surface area contributed by atoms with E-state index >= 15 is 0 Å². The fourth-order valence-electron chi connectivity index (χ4n) is 2.30. The lowest BCUT2D eigenvalue weighted by Crippen LogP contribution is -2.30. The smallest absolute Gasteiger partial charge is 0.251 e. The predicted octanol–water partition coefficient (Wildman–Crippen LogP) is 0.328. The Morgan fingerprint density at radius 3 is 3.00 bits per heavy atom. The van der Waals surface area contributed by atoms with Crippen LogP contribution in [0.4, 0.5) is 0 Å². The third-order valence-electron chi connectivity index (χ3n) is 3.27. The molecule has 5 nitrogen and oxygen atoms in total. The van der Waals surface area contributed by atoms with E-state index in [0.29, 0.717) is 19.4 Å². The summed E-state index contributed by atoms with van der Waals surface area (Å²) in [6.07, 6.45) is 1.76. The van der Waals surface area contributed by atoms with E-state index in [4.69, 9.17) is 5.73 Å². The predicted molar refractivity (Wildman–Crippen MR) is 72.6 cm³/mol. The molecule has 102 valence electrons. The molecule has 1 heterocycles. The van der Waals surface area contributed by atoms with Gasteiger partial charge in [-0.3, -0.25) is 9.59 Å². The van der Waals surface area contributed by atoms with E-state index in [1.807, 2.05) is 18.2 Å². The highest BCUT2D eigenvalue weighted by Crippen LogP contribution is 2.18. The zero-order chi connectivity index (χ0) is 13.7. The van der Waals surface area contributed by atoms with Crippen LogP contribution in [-0.4, -0.2) is 24.9 Å². The molecule has 1 aliphatic rings. The minimum absolute atomic E-state index is 0.0665. The van der Waals surface area contributed by atoms with Crippen LogP contribution in [0, 0.1) is 0 Å². The Balaban J connectivity index is 1.97. The Hall–Kier alpha value is -1.88. The molecule has 2 rings (SSSR count). The summed E-state index contributed by atoms with van der Waals surface area (Å²) in [6.45, 7) is 2.20. The van der Waals surface area contributed by atoms with Crippen LogP contribution in [0.5, 0.6) is 0 Å². The molecule has 2 amide bonds. The summed E-state index contributed by atoms with van der Waals surface area (Å²) in [7, 11) is 0. The summed E-state index contributed by atoms with van der Waals surface area (Å²) < 4.78 is 0. The summed E-state index contributed by atoms with van der Waals surface area (Å²) in [5.41, 5.74) is 8.12. The lowest BCUT2D eigenvalue weighted by atomic mass is 9.95. The molecule has 0 fully saturated rings. The molecule has 0 spiro atoms. The molecule has 1 aliphatic heterocycles. The van der Waals surface area contributed by atoms with Crippen LogP contribution in [0.1, 0.15) is 34.3 Å². The van der Waals surface area contributed by atoms with E-state index in [1.54, 1.807) is 0 Å². The molecular weight excluding hydrogens is 242 g/mol. The molecule has 0 saturated carbocycles. The van der Waals surface area contributed by atoms with Gasteiger partial charge >= 0.3 is 0 Å². The Kier molecular flexibility index (Phi) is 4.52. The lowest BCUT2D eigenvalue weighted by Gasteiger charge is -2.19. The fourth-order valence-corrected chi connectivity index (χ4v) is 2.30. The monoisotopic (exact) mass is 261 g/mol. The van der Waals surface area contributed by atoms with Crippen LogP contribution < -0.4 is 16.4 Å². The molecule has 1 aromatic carbocycles. The average Bonchev–Trinajstić information content (AvgIpc) is 2.42. The quantitative estimate of drug-likeness (QED) is 0.668. The summed E-state index contributed by atoms with van der Waals surface area (Å²) in [4.78, 5) is 22.7. The number of rotatable bonds is 5. The SMILES string of the molecule is NC(=O)CCCNC(=O)c1cccc2c1CCNC2. The van der Waals surface area contributed by atoms with Crippen molar-refractivity contribution in [2.24, 2.45) is 5.73 Å². The van der Waals surface area contributed by atoms with Gasteiger partial charge in [0.05, 0.1) is 0 Å². The van der Waals surface area contributed by atoms with Crippen LogP contribution in [0.25, 0.3) is 0 Å². The van der Waals surface area contributed by atoms with Gasteiger partial charge in [-0.1, -0.05) is 12.1 Å². The number of amides is 2. The van der Waals surface area contributed by atoms with Gasteiger partial charge in [-0.2, -0.15) is 0 Å². The van der Waals surface area contributed by atoms with Crippen molar-refractivity contribution in [2.75, 3.05) is 13.1 Å². The third kappa shape index (κ3) is 3.54.